The highest BCUT2D eigenvalue weighted by Crippen LogP contribution is 2.51. The Bertz CT molecular complexity index is 309. The molecule has 2 N–H and O–H groups in total. The summed E-state index contributed by atoms with van der Waals surface area (Å²) in [5.74, 6) is 1.01. The van der Waals surface area contributed by atoms with Crippen LogP contribution in [0.2, 0.25) is 0 Å². The van der Waals surface area contributed by atoms with Crippen molar-refractivity contribution in [2.75, 3.05) is 32.1 Å². The first kappa shape index (κ1) is 15.2. The van der Waals surface area contributed by atoms with E-state index in [1.165, 1.54) is 0 Å². The van der Waals surface area contributed by atoms with Crippen LogP contribution in [0.25, 0.3) is 0 Å². The Hall–Kier alpha value is 0.190. The SMILES string of the molecule is CC(C)CSP(=O)(O)NC(=S)N1CCOCC1. The van der Waals surface area contributed by atoms with Crippen molar-refractivity contribution in [3.05, 3.63) is 0 Å². The molecular weight excluding hydrogens is 279 g/mol. The van der Waals surface area contributed by atoms with E-state index in [0.717, 1.165) is 11.4 Å². The second-order valence-corrected chi connectivity index (χ2v) is 8.73. The second kappa shape index (κ2) is 6.95. The van der Waals surface area contributed by atoms with Gasteiger partial charge in [-0.15, -0.1) is 0 Å². The standard InChI is InChI=1S/C9H19N2O3PS2/c1-8(2)7-17-15(12,13)10-9(16)11-3-5-14-6-4-11/h8H,3-7H2,1-2H3,(H2,10,12,13,16). The van der Waals surface area contributed by atoms with Crippen molar-refractivity contribution in [2.45, 2.75) is 13.8 Å². The van der Waals surface area contributed by atoms with Gasteiger partial charge in [0.15, 0.2) is 5.11 Å². The second-order valence-electron chi connectivity index (χ2n) is 4.23. The molecule has 1 heterocycles. The Morgan fingerprint density at radius 1 is 1.59 bits per heavy atom. The van der Waals surface area contributed by atoms with Gasteiger partial charge in [-0.25, -0.2) is 0 Å². The zero-order valence-corrected chi connectivity index (χ0v) is 12.6. The Labute approximate surface area is 112 Å². The van der Waals surface area contributed by atoms with E-state index >= 15 is 0 Å². The van der Waals surface area contributed by atoms with E-state index in [2.05, 4.69) is 5.09 Å². The molecule has 1 atom stereocenters. The van der Waals surface area contributed by atoms with E-state index < -0.39 is 6.72 Å². The number of hydrogen-bond acceptors (Lipinski definition) is 4. The highest BCUT2D eigenvalue weighted by Gasteiger charge is 2.24. The van der Waals surface area contributed by atoms with Crippen molar-refractivity contribution >= 4 is 35.4 Å². The number of nitrogens with zero attached hydrogens (tertiary/aromatic N) is 1. The summed E-state index contributed by atoms with van der Waals surface area (Å²) in [5, 5.41) is 2.90. The number of ether oxygens (including phenoxy) is 1. The van der Waals surface area contributed by atoms with Gasteiger partial charge in [-0.05, 0) is 29.5 Å². The summed E-state index contributed by atoms with van der Waals surface area (Å²) in [7, 11) is 0. The zero-order chi connectivity index (χ0) is 12.9. The monoisotopic (exact) mass is 298 g/mol. The zero-order valence-electron chi connectivity index (χ0n) is 10.1. The van der Waals surface area contributed by atoms with Gasteiger partial charge in [-0.3, -0.25) is 9.65 Å². The first-order chi connectivity index (χ1) is 7.91. The van der Waals surface area contributed by atoms with Crippen LogP contribution >= 0.6 is 30.3 Å². The maximum absolute atomic E-state index is 11.8. The summed E-state index contributed by atoms with van der Waals surface area (Å²) in [6.07, 6.45) is 0. The fourth-order valence-corrected chi connectivity index (χ4v) is 4.87. The molecule has 5 nitrogen and oxygen atoms in total. The van der Waals surface area contributed by atoms with E-state index in [4.69, 9.17) is 17.0 Å². The van der Waals surface area contributed by atoms with Gasteiger partial charge in [0.05, 0.1) is 13.2 Å². The van der Waals surface area contributed by atoms with Gasteiger partial charge in [-0.1, -0.05) is 13.8 Å². The Kier molecular flexibility index (Phi) is 6.23. The Morgan fingerprint density at radius 3 is 2.71 bits per heavy atom. The van der Waals surface area contributed by atoms with Crippen molar-refractivity contribution in [2.24, 2.45) is 5.92 Å². The van der Waals surface area contributed by atoms with Gasteiger partial charge in [0.25, 0.3) is 0 Å². The molecule has 0 aromatic heterocycles. The van der Waals surface area contributed by atoms with Crippen LogP contribution in [0, 0.1) is 5.92 Å². The van der Waals surface area contributed by atoms with E-state index in [9.17, 15) is 9.46 Å². The minimum absolute atomic E-state index is 0.343. The van der Waals surface area contributed by atoms with Crippen molar-refractivity contribution in [1.29, 1.82) is 0 Å². The minimum atomic E-state index is -3.43. The van der Waals surface area contributed by atoms with Crippen LogP contribution in [-0.4, -0.2) is 47.0 Å². The third kappa shape index (κ3) is 6.06. The molecule has 1 fully saturated rings. The number of morpholine rings is 1. The fourth-order valence-electron chi connectivity index (χ4n) is 1.24. The molecule has 1 aliphatic rings. The van der Waals surface area contributed by atoms with E-state index in [0.29, 0.717) is 43.1 Å². The molecule has 0 radical (unpaired) electrons. The molecule has 1 aliphatic heterocycles. The molecule has 0 amide bonds. The normalized spacial score (nSPS) is 20.1. The number of nitrogens with one attached hydrogen (secondary N) is 1. The summed E-state index contributed by atoms with van der Waals surface area (Å²) in [5.41, 5.74) is 0. The van der Waals surface area contributed by atoms with Crippen LogP contribution in [0.5, 0.6) is 0 Å². The molecule has 8 heteroatoms. The van der Waals surface area contributed by atoms with Gasteiger partial charge in [0, 0.05) is 18.8 Å². The molecule has 0 bridgehead atoms. The first-order valence-electron chi connectivity index (χ1n) is 5.53. The van der Waals surface area contributed by atoms with Gasteiger partial charge in [0.2, 0.25) is 0 Å². The molecule has 0 aromatic rings. The van der Waals surface area contributed by atoms with E-state index in [1.807, 2.05) is 18.7 Å². The average Bonchev–Trinajstić information content (AvgIpc) is 2.27. The Morgan fingerprint density at radius 2 is 2.18 bits per heavy atom. The summed E-state index contributed by atoms with van der Waals surface area (Å²) in [6, 6.07) is 0. The van der Waals surface area contributed by atoms with Crippen LogP contribution in [0.1, 0.15) is 13.8 Å². The molecular formula is C9H19N2O3PS2. The maximum atomic E-state index is 11.8. The van der Waals surface area contributed by atoms with Gasteiger partial charge in [-0.2, -0.15) is 0 Å². The number of thiocarbonyl (C=S) groups is 1. The predicted octanol–water partition coefficient (Wildman–Crippen LogP) is 1.68. The van der Waals surface area contributed by atoms with Crippen LogP contribution in [0.3, 0.4) is 0 Å². The quantitative estimate of drug-likeness (QED) is 0.605. The summed E-state index contributed by atoms with van der Waals surface area (Å²) < 4.78 is 17.0. The molecule has 1 saturated heterocycles. The summed E-state index contributed by atoms with van der Waals surface area (Å²) in [6.45, 7) is 3.14. The predicted molar refractivity (Wildman–Crippen MR) is 75.2 cm³/mol. The highest BCUT2D eigenvalue weighted by atomic mass is 32.7. The van der Waals surface area contributed by atoms with Crippen molar-refractivity contribution in [1.82, 2.24) is 9.99 Å². The van der Waals surface area contributed by atoms with Crippen molar-refractivity contribution < 1.29 is 14.2 Å². The van der Waals surface area contributed by atoms with Crippen LogP contribution in [-0.2, 0) is 9.30 Å². The van der Waals surface area contributed by atoms with Gasteiger partial charge < -0.3 is 14.5 Å². The topological polar surface area (TPSA) is 61.8 Å². The lowest BCUT2D eigenvalue weighted by Crippen LogP contribution is -2.44. The molecule has 0 aliphatic carbocycles. The molecule has 0 spiro atoms. The highest BCUT2D eigenvalue weighted by molar-refractivity contribution is 8.55. The maximum Gasteiger partial charge on any atom is 0.350 e. The smallest absolute Gasteiger partial charge is 0.350 e. The van der Waals surface area contributed by atoms with Crippen molar-refractivity contribution in [3.8, 4) is 0 Å². The van der Waals surface area contributed by atoms with Gasteiger partial charge in [0.1, 0.15) is 0 Å². The summed E-state index contributed by atoms with van der Waals surface area (Å²) >= 11 is 6.15. The average molecular weight is 298 g/mol. The lowest BCUT2D eigenvalue weighted by Gasteiger charge is -2.30. The number of hydrogen-bond donors (Lipinski definition) is 2. The fraction of sp³-hybridized carbons (Fsp3) is 0.889. The molecule has 100 valence electrons. The van der Waals surface area contributed by atoms with Crippen LogP contribution < -0.4 is 5.09 Å². The molecule has 1 rings (SSSR count). The van der Waals surface area contributed by atoms with Crippen molar-refractivity contribution in [3.63, 3.8) is 0 Å². The molecule has 1 unspecified atom stereocenters. The lowest BCUT2D eigenvalue weighted by molar-refractivity contribution is 0.0681. The molecule has 0 saturated carbocycles. The number of rotatable bonds is 4. The summed E-state index contributed by atoms with van der Waals surface area (Å²) in [4.78, 5) is 11.6. The molecule has 0 aromatic carbocycles. The van der Waals surface area contributed by atoms with E-state index in [1.54, 1.807) is 0 Å². The van der Waals surface area contributed by atoms with Crippen LogP contribution in [0.4, 0.5) is 0 Å². The van der Waals surface area contributed by atoms with Crippen LogP contribution in [0.15, 0.2) is 0 Å². The van der Waals surface area contributed by atoms with Gasteiger partial charge >= 0.3 is 6.72 Å². The molecule has 17 heavy (non-hydrogen) atoms. The third-order valence-corrected chi connectivity index (χ3v) is 6.06. The third-order valence-electron chi connectivity index (χ3n) is 2.12. The van der Waals surface area contributed by atoms with E-state index in [-0.39, 0.29) is 0 Å². The largest absolute Gasteiger partial charge is 0.378 e. The Balaban J connectivity index is 2.40. The minimum Gasteiger partial charge on any atom is -0.378 e. The first-order valence-corrected chi connectivity index (χ1v) is 9.19. The lowest BCUT2D eigenvalue weighted by atomic mass is 10.3.